The molecule has 0 spiro atoms. The van der Waals surface area contributed by atoms with Crippen LogP contribution in [0.2, 0.25) is 0 Å². The third-order valence-corrected chi connectivity index (χ3v) is 1.71. The molecule has 0 aromatic rings. The molecular weight excluding hydrogens is 164 g/mol. The first-order valence-corrected chi connectivity index (χ1v) is 4.96. The molecule has 0 aromatic carbocycles. The van der Waals surface area contributed by atoms with Gasteiger partial charge in [-0.25, -0.2) is 0 Å². The number of likely N-dealkylation sites (N-methyl/N-ethyl adjacent to an activating group) is 1. The van der Waals surface area contributed by atoms with Crippen molar-refractivity contribution in [1.29, 1.82) is 0 Å². The highest BCUT2D eigenvalue weighted by molar-refractivity contribution is 5.59. The molecule has 3 nitrogen and oxygen atoms in total. The van der Waals surface area contributed by atoms with Crippen molar-refractivity contribution < 1.29 is 5.11 Å². The Balaban J connectivity index is 3.24. The van der Waals surface area contributed by atoms with E-state index in [-0.39, 0.29) is 6.61 Å². The lowest BCUT2D eigenvalue weighted by atomic mass is 10.2. The highest BCUT2D eigenvalue weighted by atomic mass is 16.3. The van der Waals surface area contributed by atoms with Crippen molar-refractivity contribution in [2.45, 2.75) is 20.3 Å². The zero-order chi connectivity index (χ0) is 10.1. The number of rotatable bonds is 7. The van der Waals surface area contributed by atoms with Gasteiger partial charge in [0.05, 0.1) is 6.61 Å². The minimum Gasteiger partial charge on any atom is -0.395 e. The van der Waals surface area contributed by atoms with Gasteiger partial charge in [0.1, 0.15) is 0 Å². The second-order valence-electron chi connectivity index (χ2n) is 3.68. The summed E-state index contributed by atoms with van der Waals surface area (Å²) >= 11 is 0. The van der Waals surface area contributed by atoms with Crippen molar-refractivity contribution in [2.75, 3.05) is 33.3 Å². The van der Waals surface area contributed by atoms with Crippen molar-refractivity contribution in [3.8, 4) is 0 Å². The van der Waals surface area contributed by atoms with E-state index in [9.17, 15) is 0 Å². The molecule has 0 saturated heterocycles. The zero-order valence-electron chi connectivity index (χ0n) is 9.03. The van der Waals surface area contributed by atoms with Gasteiger partial charge in [-0.05, 0) is 25.9 Å². The van der Waals surface area contributed by atoms with Gasteiger partial charge in [-0.3, -0.25) is 4.99 Å². The smallest absolute Gasteiger partial charge is 0.0558 e. The number of hydrogen-bond acceptors (Lipinski definition) is 3. The minimum absolute atomic E-state index is 0.242. The van der Waals surface area contributed by atoms with E-state index in [0.717, 1.165) is 26.1 Å². The number of hydrogen-bond donors (Lipinski definition) is 1. The Morgan fingerprint density at radius 1 is 1.38 bits per heavy atom. The average Bonchev–Trinajstić information content (AvgIpc) is 2.03. The second-order valence-corrected chi connectivity index (χ2v) is 3.68. The van der Waals surface area contributed by atoms with Crippen molar-refractivity contribution >= 4 is 6.21 Å². The zero-order valence-corrected chi connectivity index (χ0v) is 9.03. The van der Waals surface area contributed by atoms with Gasteiger partial charge in [-0.15, -0.1) is 0 Å². The fourth-order valence-corrected chi connectivity index (χ4v) is 1.000. The molecule has 0 aliphatic rings. The van der Waals surface area contributed by atoms with Crippen LogP contribution in [0, 0.1) is 5.92 Å². The Morgan fingerprint density at radius 3 is 2.62 bits per heavy atom. The lowest BCUT2D eigenvalue weighted by Crippen LogP contribution is -2.23. The molecule has 78 valence electrons. The molecule has 0 aromatic heterocycles. The molecule has 0 aliphatic carbocycles. The number of nitrogens with zero attached hydrogens (tertiary/aromatic N) is 2. The number of aliphatic imine (C=N–C) groups is 1. The maximum atomic E-state index is 8.64. The summed E-state index contributed by atoms with van der Waals surface area (Å²) in [6.45, 7) is 7.16. The summed E-state index contributed by atoms with van der Waals surface area (Å²) in [4.78, 5) is 6.40. The first kappa shape index (κ1) is 12.6. The van der Waals surface area contributed by atoms with Crippen molar-refractivity contribution in [3.05, 3.63) is 0 Å². The summed E-state index contributed by atoms with van der Waals surface area (Å²) in [6.07, 6.45) is 3.06. The van der Waals surface area contributed by atoms with Crippen LogP contribution in [-0.4, -0.2) is 49.5 Å². The lowest BCUT2D eigenvalue weighted by Gasteiger charge is -2.13. The first-order chi connectivity index (χ1) is 6.16. The monoisotopic (exact) mass is 186 g/mol. The van der Waals surface area contributed by atoms with Gasteiger partial charge in [-0.2, -0.15) is 0 Å². The van der Waals surface area contributed by atoms with E-state index in [4.69, 9.17) is 5.11 Å². The third kappa shape index (κ3) is 9.50. The molecule has 0 saturated carbocycles. The fourth-order valence-electron chi connectivity index (χ4n) is 1.000. The van der Waals surface area contributed by atoms with Crippen LogP contribution >= 0.6 is 0 Å². The van der Waals surface area contributed by atoms with Crippen LogP contribution in [0.5, 0.6) is 0 Å². The highest BCUT2D eigenvalue weighted by Crippen LogP contribution is 1.89. The molecule has 3 heteroatoms. The summed E-state index contributed by atoms with van der Waals surface area (Å²) in [7, 11) is 2.02. The Kier molecular flexibility index (Phi) is 7.94. The maximum Gasteiger partial charge on any atom is 0.0558 e. The molecule has 0 amide bonds. The van der Waals surface area contributed by atoms with Gasteiger partial charge in [0.15, 0.2) is 0 Å². The van der Waals surface area contributed by atoms with Crippen LogP contribution < -0.4 is 0 Å². The van der Waals surface area contributed by atoms with E-state index in [1.165, 1.54) is 0 Å². The summed E-state index contributed by atoms with van der Waals surface area (Å²) in [5.41, 5.74) is 0. The SMILES string of the molecule is CC(C)C=NCCCN(C)CCO. The predicted molar refractivity (Wildman–Crippen MR) is 57.4 cm³/mol. The van der Waals surface area contributed by atoms with Crippen molar-refractivity contribution in [2.24, 2.45) is 10.9 Å². The molecule has 0 rings (SSSR count). The largest absolute Gasteiger partial charge is 0.395 e. The van der Waals surface area contributed by atoms with Crippen LogP contribution in [0.4, 0.5) is 0 Å². The van der Waals surface area contributed by atoms with E-state index < -0.39 is 0 Å². The number of aliphatic hydroxyl groups excluding tert-OH is 1. The molecule has 0 heterocycles. The van der Waals surface area contributed by atoms with Gasteiger partial charge in [0.25, 0.3) is 0 Å². The van der Waals surface area contributed by atoms with Gasteiger partial charge in [0.2, 0.25) is 0 Å². The van der Waals surface area contributed by atoms with Gasteiger partial charge in [0, 0.05) is 19.3 Å². The Bertz CT molecular complexity index is 135. The average molecular weight is 186 g/mol. The van der Waals surface area contributed by atoms with E-state index in [2.05, 4.69) is 23.7 Å². The van der Waals surface area contributed by atoms with Crippen molar-refractivity contribution in [1.82, 2.24) is 4.90 Å². The van der Waals surface area contributed by atoms with Gasteiger partial charge in [-0.1, -0.05) is 13.8 Å². The molecular formula is C10H22N2O. The summed E-state index contributed by atoms with van der Waals surface area (Å²) in [6, 6.07) is 0. The van der Waals surface area contributed by atoms with Crippen LogP contribution in [-0.2, 0) is 0 Å². The molecule has 0 unspecified atom stereocenters. The van der Waals surface area contributed by atoms with Crippen LogP contribution in [0.15, 0.2) is 4.99 Å². The molecule has 13 heavy (non-hydrogen) atoms. The minimum atomic E-state index is 0.242. The normalized spacial score (nSPS) is 12.2. The Labute approximate surface area is 81.5 Å². The first-order valence-electron chi connectivity index (χ1n) is 4.96. The quantitative estimate of drug-likeness (QED) is 0.476. The lowest BCUT2D eigenvalue weighted by molar-refractivity contribution is 0.221. The molecule has 0 bridgehead atoms. The molecule has 0 radical (unpaired) electrons. The summed E-state index contributed by atoms with van der Waals surface area (Å²) in [5.74, 6) is 0.551. The second kappa shape index (κ2) is 8.20. The molecule has 0 fully saturated rings. The van der Waals surface area contributed by atoms with Gasteiger partial charge >= 0.3 is 0 Å². The summed E-state index contributed by atoms with van der Waals surface area (Å²) in [5, 5.41) is 8.64. The van der Waals surface area contributed by atoms with Gasteiger partial charge < -0.3 is 10.0 Å². The van der Waals surface area contributed by atoms with E-state index in [1.54, 1.807) is 0 Å². The Morgan fingerprint density at radius 2 is 2.08 bits per heavy atom. The topological polar surface area (TPSA) is 35.8 Å². The highest BCUT2D eigenvalue weighted by Gasteiger charge is 1.94. The summed E-state index contributed by atoms with van der Waals surface area (Å²) < 4.78 is 0. The van der Waals surface area contributed by atoms with Crippen LogP contribution in [0.3, 0.4) is 0 Å². The van der Waals surface area contributed by atoms with Crippen molar-refractivity contribution in [3.63, 3.8) is 0 Å². The predicted octanol–water partition coefficient (Wildman–Crippen LogP) is 1.03. The molecule has 1 N–H and O–H groups in total. The van der Waals surface area contributed by atoms with E-state index in [0.29, 0.717) is 5.92 Å². The van der Waals surface area contributed by atoms with Crippen LogP contribution in [0.25, 0.3) is 0 Å². The maximum absolute atomic E-state index is 8.64. The Hall–Kier alpha value is -0.410. The van der Waals surface area contributed by atoms with E-state index >= 15 is 0 Å². The molecule has 0 aliphatic heterocycles. The third-order valence-electron chi connectivity index (χ3n) is 1.71. The van der Waals surface area contributed by atoms with E-state index in [1.807, 2.05) is 13.3 Å². The molecule has 0 atom stereocenters. The van der Waals surface area contributed by atoms with Crippen LogP contribution in [0.1, 0.15) is 20.3 Å². The fraction of sp³-hybridized carbons (Fsp3) is 0.900. The number of aliphatic hydroxyl groups is 1. The standard InChI is InChI=1S/C10H22N2O/c1-10(2)9-11-5-4-6-12(3)7-8-13/h9-10,13H,4-8H2,1-3H3.